The first kappa shape index (κ1) is 21.5. The van der Waals surface area contributed by atoms with Gasteiger partial charge >= 0.3 is 0 Å². The Labute approximate surface area is 217 Å². The molecule has 33 heavy (non-hydrogen) atoms. The Morgan fingerprint density at radius 1 is 0.576 bits per heavy atom. The molecule has 0 fully saturated rings. The average Bonchev–Trinajstić information content (AvgIpc) is 3.68. The molecule has 6 rings (SSSR count). The van der Waals surface area contributed by atoms with E-state index in [9.17, 15) is 0 Å². The summed E-state index contributed by atoms with van der Waals surface area (Å²) in [6, 6.07) is 22.1. The second-order valence-electron chi connectivity index (χ2n) is 7.29. The molecular weight excluding hydrogens is 517 g/mol. The Bertz CT molecular complexity index is 1340. The van der Waals surface area contributed by atoms with Crippen LogP contribution in [-0.4, -0.2) is 0 Å². The van der Waals surface area contributed by atoms with Crippen molar-refractivity contribution in [3.05, 3.63) is 115 Å². The molecule has 0 bridgehead atoms. The van der Waals surface area contributed by atoms with Crippen molar-refractivity contribution in [3.8, 4) is 19.5 Å². The molecule has 6 heteroatoms. The van der Waals surface area contributed by atoms with Crippen LogP contribution in [0.2, 0.25) is 0 Å². The lowest BCUT2D eigenvalue weighted by Gasteiger charge is -2.15. The quantitative estimate of drug-likeness (QED) is 0.202. The van der Waals surface area contributed by atoms with Crippen LogP contribution in [-0.2, 0) is 0 Å². The van der Waals surface area contributed by atoms with E-state index in [4.69, 9.17) is 0 Å². The lowest BCUT2D eigenvalue weighted by molar-refractivity contribution is 1.69. The summed E-state index contributed by atoms with van der Waals surface area (Å²) >= 11 is 11.0. The summed E-state index contributed by atoms with van der Waals surface area (Å²) in [5, 5.41) is 8.62. The van der Waals surface area contributed by atoms with Gasteiger partial charge in [-0.15, -0.1) is 45.3 Å². The molecule has 0 saturated heterocycles. The lowest BCUT2D eigenvalue weighted by Crippen LogP contribution is -1.88. The number of allylic oxidation sites excluding steroid dienone is 3. The third-order valence-electron chi connectivity index (χ3n) is 5.02. The maximum atomic E-state index is 2.34. The maximum Gasteiger partial charge on any atom is 0.249 e. The zero-order valence-corrected chi connectivity index (χ0v) is 22.2. The smallest absolute Gasteiger partial charge is 0.143 e. The lowest BCUT2D eigenvalue weighted by atomic mass is 10.1. The van der Waals surface area contributed by atoms with E-state index in [-0.39, 0.29) is 0 Å². The van der Waals surface area contributed by atoms with Crippen molar-refractivity contribution in [2.24, 2.45) is 0 Å². The fourth-order valence-electron chi connectivity index (χ4n) is 3.56. The molecule has 0 unspecified atom stereocenters. The van der Waals surface area contributed by atoms with Crippen molar-refractivity contribution in [1.82, 2.24) is 0 Å². The molecule has 1 aliphatic heterocycles. The molecule has 0 amide bonds. The van der Waals surface area contributed by atoms with Gasteiger partial charge in [-0.25, -0.2) is 0 Å². The van der Waals surface area contributed by atoms with Crippen LogP contribution < -0.4 is 0 Å². The first-order valence-electron chi connectivity index (χ1n) is 10.3. The molecule has 5 aromatic rings. The first-order chi connectivity index (χ1) is 16.3. The van der Waals surface area contributed by atoms with Crippen molar-refractivity contribution in [3.63, 3.8) is 0 Å². The van der Waals surface area contributed by atoms with Crippen LogP contribution in [0.15, 0.2) is 99.9 Å². The van der Waals surface area contributed by atoms with Crippen molar-refractivity contribution in [2.45, 2.75) is 0 Å². The van der Waals surface area contributed by atoms with Crippen molar-refractivity contribution in [1.29, 1.82) is 0 Å². The van der Waals surface area contributed by atoms with E-state index in [1.807, 2.05) is 23.1 Å². The minimum atomic E-state index is 1.24. The molecule has 1 aliphatic rings. The maximum absolute atomic E-state index is 2.34. The predicted octanol–water partition coefficient (Wildman–Crippen LogP) is 10.8. The van der Waals surface area contributed by atoms with Gasteiger partial charge < -0.3 is 0 Å². The highest BCUT2D eigenvalue weighted by Gasteiger charge is 2.20. The molecule has 0 N–H and O–H groups in total. The molecule has 0 spiro atoms. The average molecular weight is 534 g/mol. The Balaban J connectivity index is 1.48. The van der Waals surface area contributed by atoms with Gasteiger partial charge in [0.05, 0.1) is 9.75 Å². The third kappa shape index (κ3) is 4.78. The van der Waals surface area contributed by atoms with E-state index in [2.05, 4.69) is 100 Å². The largest absolute Gasteiger partial charge is 0.249 e. The second kappa shape index (κ2) is 9.66. The van der Waals surface area contributed by atoms with E-state index in [0.717, 1.165) is 0 Å². The standard InChI is InChI=1S/C27H17S6/c1-5-20(28-9-1)24-14-18(15-25(32-24)21-6-2-10-29-21)13-19-16-26(22-7-3-11-30-22)33-27(17-19)23-8-4-12-31-23/h1-17H/q+1. The van der Waals surface area contributed by atoms with E-state index in [1.54, 1.807) is 45.3 Å². The molecule has 160 valence electrons. The summed E-state index contributed by atoms with van der Waals surface area (Å²) in [5.74, 6) is 0. The zero-order valence-electron chi connectivity index (χ0n) is 17.3. The first-order valence-corrected chi connectivity index (χ1v) is 15.4. The van der Waals surface area contributed by atoms with Crippen LogP contribution in [0.1, 0.15) is 15.3 Å². The van der Waals surface area contributed by atoms with Crippen molar-refractivity contribution < 1.29 is 0 Å². The molecular formula is C27H17S6+. The SMILES string of the molecule is C(=C1C=C(c2cccs2)SC(c2cccs2)=C1)c1cc(-c2cccs2)[s+]c(-c2cccs2)c1. The van der Waals surface area contributed by atoms with Crippen molar-refractivity contribution in [2.75, 3.05) is 0 Å². The van der Waals surface area contributed by atoms with Gasteiger partial charge in [0.1, 0.15) is 0 Å². The fraction of sp³-hybridized carbons (Fsp3) is 0. The zero-order chi connectivity index (χ0) is 22.0. The van der Waals surface area contributed by atoms with E-state index in [1.165, 1.54) is 50.2 Å². The minimum Gasteiger partial charge on any atom is -0.143 e. The minimum absolute atomic E-state index is 1.24. The highest BCUT2D eigenvalue weighted by atomic mass is 32.2. The Hall–Kier alpha value is -2.06. The molecule has 0 nitrogen and oxygen atoms in total. The Morgan fingerprint density at radius 2 is 1.03 bits per heavy atom. The Morgan fingerprint density at radius 3 is 1.45 bits per heavy atom. The van der Waals surface area contributed by atoms with E-state index in [0.29, 0.717) is 0 Å². The normalized spacial score (nSPS) is 13.6. The summed E-state index contributed by atoms with van der Waals surface area (Å²) in [6.07, 6.45) is 7.00. The molecule has 5 aromatic heterocycles. The molecule has 0 aromatic carbocycles. The summed E-state index contributed by atoms with van der Waals surface area (Å²) in [5.41, 5.74) is 2.48. The summed E-state index contributed by atoms with van der Waals surface area (Å²) in [4.78, 5) is 10.6. The number of rotatable bonds is 5. The van der Waals surface area contributed by atoms with Gasteiger partial charge in [0.2, 0.25) is 21.1 Å². The van der Waals surface area contributed by atoms with Gasteiger partial charge in [0.15, 0.2) is 0 Å². The molecule has 6 heterocycles. The van der Waals surface area contributed by atoms with Crippen LogP contribution in [0.25, 0.3) is 35.4 Å². The molecule has 0 atom stereocenters. The van der Waals surface area contributed by atoms with Crippen LogP contribution in [0.5, 0.6) is 0 Å². The molecule has 0 saturated carbocycles. The summed E-state index contributed by atoms with van der Waals surface area (Å²) < 4.78 is 0. The predicted molar refractivity (Wildman–Crippen MR) is 156 cm³/mol. The van der Waals surface area contributed by atoms with Crippen LogP contribution >= 0.6 is 68.4 Å². The number of hydrogen-bond acceptors (Lipinski definition) is 5. The summed E-state index contributed by atoms with van der Waals surface area (Å²) in [6.45, 7) is 0. The van der Waals surface area contributed by atoms with Gasteiger partial charge in [-0.1, -0.05) is 36.0 Å². The number of thioether (sulfide) groups is 1. The third-order valence-corrected chi connectivity index (χ3v) is 11.4. The van der Waals surface area contributed by atoms with E-state index < -0.39 is 0 Å². The van der Waals surface area contributed by atoms with Gasteiger partial charge in [-0.05, 0) is 75.2 Å². The highest BCUT2D eigenvalue weighted by Crippen LogP contribution is 2.47. The monoisotopic (exact) mass is 533 g/mol. The number of hydrogen-bond donors (Lipinski definition) is 0. The Kier molecular flexibility index (Phi) is 6.29. The fourth-order valence-corrected chi connectivity index (χ4v) is 9.11. The van der Waals surface area contributed by atoms with Gasteiger partial charge in [0.25, 0.3) is 0 Å². The van der Waals surface area contributed by atoms with Crippen LogP contribution in [0.4, 0.5) is 0 Å². The van der Waals surface area contributed by atoms with Gasteiger partial charge in [-0.3, -0.25) is 0 Å². The topological polar surface area (TPSA) is 0 Å². The number of thiophene rings is 4. The van der Waals surface area contributed by atoms with Crippen LogP contribution in [0, 0.1) is 0 Å². The van der Waals surface area contributed by atoms with Gasteiger partial charge in [-0.2, -0.15) is 0 Å². The molecule has 0 aliphatic carbocycles. The second-order valence-corrected chi connectivity index (χ2v) is 13.3. The van der Waals surface area contributed by atoms with Gasteiger partial charge in [0, 0.05) is 31.7 Å². The van der Waals surface area contributed by atoms with Crippen LogP contribution in [0.3, 0.4) is 0 Å². The highest BCUT2D eigenvalue weighted by molar-refractivity contribution is 8.17. The molecule has 0 radical (unpaired) electrons. The van der Waals surface area contributed by atoms with Crippen molar-refractivity contribution >= 4 is 84.3 Å². The van der Waals surface area contributed by atoms with E-state index >= 15 is 0 Å². The summed E-state index contributed by atoms with van der Waals surface area (Å²) in [7, 11) is 0.